The van der Waals surface area contributed by atoms with Crippen LogP contribution < -0.4 is 5.32 Å². The van der Waals surface area contributed by atoms with E-state index in [1.807, 2.05) is 12.1 Å². The van der Waals surface area contributed by atoms with E-state index < -0.39 is 26.9 Å². The molecule has 0 saturated carbocycles. The molecule has 1 aliphatic heterocycles. The van der Waals surface area contributed by atoms with Gasteiger partial charge >= 0.3 is 6.09 Å². The normalized spacial score (nSPS) is 18.9. The van der Waals surface area contributed by atoms with Gasteiger partial charge in [-0.05, 0) is 38.0 Å². The third-order valence-corrected chi connectivity index (χ3v) is 6.40. The molecule has 1 fully saturated rings. The Bertz CT molecular complexity index is 852. The summed E-state index contributed by atoms with van der Waals surface area (Å²) in [5.74, 6) is 0. The number of piperazine rings is 1. The first-order chi connectivity index (χ1) is 14.5. The number of benzene rings is 1. The van der Waals surface area contributed by atoms with Gasteiger partial charge in [0, 0.05) is 25.6 Å². The minimum Gasteiger partial charge on any atom is -0.444 e. The molecule has 1 heterocycles. The molecule has 0 bridgehead atoms. The fraction of sp³-hybridized carbons (Fsp3) is 0.571. The third kappa shape index (κ3) is 8.42. The van der Waals surface area contributed by atoms with E-state index in [1.165, 1.54) is 18.1 Å². The molecule has 2 unspecified atom stereocenters. The molecule has 8 nitrogen and oxygen atoms in total. The molecule has 1 saturated heterocycles. The van der Waals surface area contributed by atoms with E-state index in [0.717, 1.165) is 11.0 Å². The van der Waals surface area contributed by atoms with E-state index in [9.17, 15) is 13.2 Å². The van der Waals surface area contributed by atoms with Crippen LogP contribution in [0.2, 0.25) is 0 Å². The monoisotopic (exact) mass is 474 g/mol. The average Bonchev–Trinajstić information content (AvgIpc) is 2.71. The molecular weight excluding hydrogens is 444 g/mol. The first kappa shape index (κ1) is 25.6. The number of rotatable bonds is 8. The van der Waals surface area contributed by atoms with E-state index in [2.05, 4.69) is 5.32 Å². The summed E-state index contributed by atoms with van der Waals surface area (Å²) in [6.45, 7) is 6.57. The van der Waals surface area contributed by atoms with Gasteiger partial charge in [0.1, 0.15) is 17.8 Å². The van der Waals surface area contributed by atoms with Gasteiger partial charge in [-0.3, -0.25) is 5.32 Å². The van der Waals surface area contributed by atoms with E-state index in [1.54, 1.807) is 32.9 Å². The number of methoxy groups -OCH3 is 1. The van der Waals surface area contributed by atoms with Gasteiger partial charge in [0.05, 0.1) is 18.5 Å². The summed E-state index contributed by atoms with van der Waals surface area (Å²) < 4.78 is 40.9. The maximum absolute atomic E-state index is 12.8. The van der Waals surface area contributed by atoms with Crippen molar-refractivity contribution < 1.29 is 27.4 Å². The number of ether oxygens (including phenoxy) is 3. The largest absolute Gasteiger partial charge is 0.444 e. The second-order valence-electron chi connectivity index (χ2n) is 8.17. The van der Waals surface area contributed by atoms with Gasteiger partial charge < -0.3 is 19.1 Å². The summed E-state index contributed by atoms with van der Waals surface area (Å²) in [6.07, 6.45) is 1.01. The molecule has 10 heteroatoms. The molecule has 0 radical (unpaired) electrons. The molecule has 0 aromatic heterocycles. The molecule has 1 aliphatic rings. The lowest BCUT2D eigenvalue weighted by Gasteiger charge is -2.34. The van der Waals surface area contributed by atoms with Crippen molar-refractivity contribution in [3.8, 4) is 0 Å². The molecular formula is C21H31ClN2O6S. The van der Waals surface area contributed by atoms with Gasteiger partial charge in [-0.15, -0.1) is 11.6 Å². The summed E-state index contributed by atoms with van der Waals surface area (Å²) >= 11 is 6.28. The van der Waals surface area contributed by atoms with Crippen LogP contribution in [0.4, 0.5) is 4.79 Å². The minimum atomic E-state index is -3.63. The van der Waals surface area contributed by atoms with Crippen molar-refractivity contribution in [2.75, 3.05) is 40.1 Å². The maximum Gasteiger partial charge on any atom is 0.410 e. The number of sulfone groups is 1. The Balaban J connectivity index is 1.98. The molecule has 2 rings (SSSR count). The average molecular weight is 475 g/mol. The Morgan fingerprint density at radius 3 is 2.61 bits per heavy atom. The van der Waals surface area contributed by atoms with Crippen molar-refractivity contribution in [1.82, 2.24) is 10.2 Å². The Morgan fingerprint density at radius 1 is 1.32 bits per heavy atom. The van der Waals surface area contributed by atoms with Crippen molar-refractivity contribution in [3.05, 3.63) is 40.8 Å². The number of halogens is 1. The molecule has 174 valence electrons. The highest BCUT2D eigenvalue weighted by Gasteiger charge is 2.32. The van der Waals surface area contributed by atoms with Crippen molar-refractivity contribution in [2.45, 2.75) is 37.1 Å². The van der Waals surface area contributed by atoms with Crippen LogP contribution >= 0.6 is 11.6 Å². The number of alkyl halides is 1. The van der Waals surface area contributed by atoms with Crippen LogP contribution in [0.3, 0.4) is 0 Å². The predicted octanol–water partition coefficient (Wildman–Crippen LogP) is 3.14. The van der Waals surface area contributed by atoms with Crippen LogP contribution in [0.5, 0.6) is 0 Å². The number of nitrogens with one attached hydrogen (secondary N) is 1. The van der Waals surface area contributed by atoms with Crippen molar-refractivity contribution >= 4 is 33.6 Å². The number of hydrogen-bond donors (Lipinski definition) is 1. The zero-order valence-corrected chi connectivity index (χ0v) is 19.9. The minimum absolute atomic E-state index is 0.0237. The molecule has 1 N–H and O–H groups in total. The molecule has 0 spiro atoms. The number of hydrogen-bond acceptors (Lipinski definition) is 7. The van der Waals surface area contributed by atoms with Crippen LogP contribution in [0.25, 0.3) is 6.08 Å². The number of nitrogens with zero attached hydrogens (tertiary/aromatic N) is 1. The Morgan fingerprint density at radius 2 is 2.00 bits per heavy atom. The number of carbonyl (C=O) groups is 1. The summed E-state index contributed by atoms with van der Waals surface area (Å²) in [7, 11) is -2.10. The van der Waals surface area contributed by atoms with Crippen LogP contribution in [0.1, 0.15) is 37.3 Å². The summed E-state index contributed by atoms with van der Waals surface area (Å²) in [6, 6.07) is 7.22. The second kappa shape index (κ2) is 11.3. The lowest BCUT2D eigenvalue weighted by atomic mass is 10.1. The Hall–Kier alpha value is -1.65. The molecule has 0 aliphatic carbocycles. The Kier molecular flexibility index (Phi) is 9.32. The first-order valence-electron chi connectivity index (χ1n) is 9.96. The fourth-order valence-corrected chi connectivity index (χ4v) is 4.35. The summed E-state index contributed by atoms with van der Waals surface area (Å²) in [4.78, 5) is 13.7. The molecule has 1 amide bonds. The topological polar surface area (TPSA) is 94.2 Å². The summed E-state index contributed by atoms with van der Waals surface area (Å²) in [5.41, 5.74) is 0.939. The van der Waals surface area contributed by atoms with Crippen molar-refractivity contribution in [1.29, 1.82) is 0 Å². The van der Waals surface area contributed by atoms with Crippen LogP contribution in [-0.4, -0.2) is 70.5 Å². The molecule has 1 aromatic rings. The van der Waals surface area contributed by atoms with E-state index in [-0.39, 0.29) is 18.7 Å². The van der Waals surface area contributed by atoms with Gasteiger partial charge in [0.2, 0.25) is 0 Å². The highest BCUT2D eigenvalue weighted by Crippen LogP contribution is 2.22. The van der Waals surface area contributed by atoms with Gasteiger partial charge in [-0.2, -0.15) is 0 Å². The highest BCUT2D eigenvalue weighted by atomic mass is 35.5. The smallest absolute Gasteiger partial charge is 0.410 e. The predicted molar refractivity (Wildman–Crippen MR) is 120 cm³/mol. The molecule has 1 aromatic carbocycles. The lowest BCUT2D eigenvalue weighted by molar-refractivity contribution is -0.0303. The van der Waals surface area contributed by atoms with E-state index in [0.29, 0.717) is 25.3 Å². The van der Waals surface area contributed by atoms with E-state index >= 15 is 0 Å². The van der Waals surface area contributed by atoms with Crippen LogP contribution in [0.15, 0.2) is 29.7 Å². The first-order valence-corrected chi connectivity index (χ1v) is 12.0. The van der Waals surface area contributed by atoms with E-state index in [4.69, 9.17) is 25.8 Å². The quantitative estimate of drug-likeness (QED) is 0.351. The maximum atomic E-state index is 12.8. The lowest BCUT2D eigenvalue weighted by Crippen LogP contribution is -2.55. The van der Waals surface area contributed by atoms with Gasteiger partial charge in [0.25, 0.3) is 0 Å². The second-order valence-corrected chi connectivity index (χ2v) is 10.7. The van der Waals surface area contributed by atoms with Crippen molar-refractivity contribution in [3.63, 3.8) is 0 Å². The zero-order valence-electron chi connectivity index (χ0n) is 18.3. The molecule has 31 heavy (non-hydrogen) atoms. The summed E-state index contributed by atoms with van der Waals surface area (Å²) in [5, 5.41) is 2.90. The van der Waals surface area contributed by atoms with Gasteiger partial charge in [0.15, 0.2) is 9.84 Å². The number of carbonyl (C=O) groups excluding carboxylic acids is 1. The third-order valence-electron chi connectivity index (χ3n) is 4.40. The van der Waals surface area contributed by atoms with Gasteiger partial charge in [-0.25, -0.2) is 13.2 Å². The zero-order chi connectivity index (χ0) is 23.1. The van der Waals surface area contributed by atoms with Crippen molar-refractivity contribution in [2.24, 2.45) is 0 Å². The SMILES string of the molecule is COCOCC(Cl)c1ccc(/C=C/S(=O)(=O)C2CN(C(=O)OC(C)(C)C)CCN2)cc1. The van der Waals surface area contributed by atoms with Gasteiger partial charge in [-0.1, -0.05) is 24.3 Å². The molecule has 2 atom stereocenters. The standard InChI is InChI=1S/C21H31ClN2O6S/c1-21(2,3)30-20(25)24-11-10-23-19(13-24)31(26,27)12-9-16-5-7-17(8-6-16)18(22)14-29-15-28-4/h5-9,12,18-19,23H,10-11,13-15H2,1-4H3/b12-9+. The van der Waals surface area contributed by atoms with Crippen LogP contribution in [0, 0.1) is 0 Å². The number of amides is 1. The highest BCUT2D eigenvalue weighted by molar-refractivity contribution is 7.95. The Labute approximate surface area is 189 Å². The fourth-order valence-electron chi connectivity index (χ4n) is 2.84. The van der Waals surface area contributed by atoms with Crippen LogP contribution in [-0.2, 0) is 24.0 Å².